The summed E-state index contributed by atoms with van der Waals surface area (Å²) in [6, 6.07) is 9.84. The van der Waals surface area contributed by atoms with Crippen LogP contribution in [-0.2, 0) is 16.1 Å². The third kappa shape index (κ3) is 4.31. The number of carbonyl (C=O) groups excluding carboxylic acids is 1. The van der Waals surface area contributed by atoms with E-state index >= 15 is 0 Å². The van der Waals surface area contributed by atoms with Gasteiger partial charge in [-0.05, 0) is 43.7 Å². The molecule has 1 saturated carbocycles. The number of quaternary nitrogens is 1. The molecule has 0 aromatic heterocycles. The highest BCUT2D eigenvalue weighted by atomic mass is 16.5. The molecule has 2 atom stereocenters. The van der Waals surface area contributed by atoms with E-state index in [4.69, 9.17) is 15.5 Å². The molecule has 2 unspecified atom stereocenters. The number of allylic oxidation sites excluding steroid dienone is 1. The molecule has 29 heavy (non-hydrogen) atoms. The van der Waals surface area contributed by atoms with Crippen molar-refractivity contribution in [1.29, 1.82) is 0 Å². The molecule has 5 heteroatoms. The van der Waals surface area contributed by atoms with E-state index < -0.39 is 0 Å². The standard InChI is InChI=1S/C24H34N3O2/c1-19-9-11-24(12-10-19)17-27(24)15-22(26-18-27)14-21(8-5-13-25)23(28)29-16-20-6-3-2-4-7-20/h2-4,6-7,15,18-19,21H,5,8-14,16-17,25H2,1H3/q+1. The van der Waals surface area contributed by atoms with Crippen LogP contribution in [0.25, 0.3) is 0 Å². The highest BCUT2D eigenvalue weighted by Crippen LogP contribution is 2.54. The molecule has 2 heterocycles. The Bertz CT molecular complexity index is 781. The van der Waals surface area contributed by atoms with Gasteiger partial charge in [-0.2, -0.15) is 0 Å². The van der Waals surface area contributed by atoms with Gasteiger partial charge in [-0.15, -0.1) is 0 Å². The molecule has 0 radical (unpaired) electrons. The second-order valence-electron chi connectivity index (χ2n) is 9.29. The highest BCUT2D eigenvalue weighted by Gasteiger charge is 2.69. The summed E-state index contributed by atoms with van der Waals surface area (Å²) in [7, 11) is 0. The van der Waals surface area contributed by atoms with Crippen LogP contribution in [0.3, 0.4) is 0 Å². The molecule has 2 aliphatic heterocycles. The van der Waals surface area contributed by atoms with Crippen LogP contribution in [0.15, 0.2) is 47.2 Å². The Morgan fingerprint density at radius 2 is 2.07 bits per heavy atom. The Hall–Kier alpha value is -1.98. The molecule has 0 bridgehead atoms. The summed E-state index contributed by atoms with van der Waals surface area (Å²) >= 11 is 0. The largest absolute Gasteiger partial charge is 0.461 e. The predicted octanol–water partition coefficient (Wildman–Crippen LogP) is 4.14. The lowest BCUT2D eigenvalue weighted by atomic mass is 9.82. The maximum absolute atomic E-state index is 12.8. The van der Waals surface area contributed by atoms with Gasteiger partial charge in [0, 0.05) is 19.3 Å². The third-order valence-electron chi connectivity index (χ3n) is 7.12. The SMILES string of the molecule is CC1CCC2(CC1)C[N+]21C=NC(CC(CCCN)C(=O)OCc2ccccc2)=C1. The summed E-state index contributed by atoms with van der Waals surface area (Å²) in [5.74, 6) is 0.541. The first-order chi connectivity index (χ1) is 14.1. The molecule has 5 nitrogen and oxygen atoms in total. The zero-order valence-electron chi connectivity index (χ0n) is 17.6. The van der Waals surface area contributed by atoms with Crippen LogP contribution in [0.2, 0.25) is 0 Å². The second-order valence-corrected chi connectivity index (χ2v) is 9.29. The highest BCUT2D eigenvalue weighted by molar-refractivity contribution is 5.73. The van der Waals surface area contributed by atoms with Gasteiger partial charge in [0.2, 0.25) is 0 Å². The number of nitrogens with zero attached hydrogens (tertiary/aromatic N) is 2. The zero-order chi connectivity index (χ0) is 20.3. The van der Waals surface area contributed by atoms with Crippen LogP contribution >= 0.6 is 0 Å². The molecular weight excluding hydrogens is 362 g/mol. The number of esters is 1. The Morgan fingerprint density at radius 3 is 2.79 bits per heavy atom. The van der Waals surface area contributed by atoms with Gasteiger partial charge in [0.25, 0.3) is 0 Å². The second kappa shape index (κ2) is 8.41. The fourth-order valence-electron chi connectivity index (χ4n) is 5.05. The Morgan fingerprint density at radius 1 is 1.31 bits per heavy atom. The van der Waals surface area contributed by atoms with E-state index in [2.05, 4.69) is 19.5 Å². The van der Waals surface area contributed by atoms with Gasteiger partial charge in [0.15, 0.2) is 11.9 Å². The van der Waals surface area contributed by atoms with Crippen LogP contribution in [0.5, 0.6) is 0 Å². The van der Waals surface area contributed by atoms with Gasteiger partial charge in [0.05, 0.1) is 5.92 Å². The molecule has 1 aromatic rings. The first-order valence-electron chi connectivity index (χ1n) is 11.1. The number of hydrogen-bond acceptors (Lipinski definition) is 4. The van der Waals surface area contributed by atoms with Crippen molar-refractivity contribution in [1.82, 2.24) is 0 Å². The fourth-order valence-corrected chi connectivity index (χ4v) is 5.05. The lowest BCUT2D eigenvalue weighted by Gasteiger charge is -2.25. The number of nitrogens with two attached hydrogens (primary N) is 1. The molecule has 2 fully saturated rings. The van der Waals surface area contributed by atoms with Gasteiger partial charge in [-0.3, -0.25) is 4.79 Å². The smallest absolute Gasteiger partial charge is 0.309 e. The molecule has 0 amide bonds. The lowest BCUT2D eigenvalue weighted by molar-refractivity contribution is -0.667. The van der Waals surface area contributed by atoms with Crippen molar-refractivity contribution in [3.8, 4) is 0 Å². The summed E-state index contributed by atoms with van der Waals surface area (Å²) < 4.78 is 6.54. The van der Waals surface area contributed by atoms with Crippen LogP contribution in [0.4, 0.5) is 0 Å². The maximum Gasteiger partial charge on any atom is 0.309 e. The van der Waals surface area contributed by atoms with Crippen LogP contribution in [0.1, 0.15) is 57.4 Å². The summed E-state index contributed by atoms with van der Waals surface area (Å²) in [4.78, 5) is 17.5. The van der Waals surface area contributed by atoms with E-state index in [1.807, 2.05) is 30.3 Å². The van der Waals surface area contributed by atoms with Gasteiger partial charge in [0.1, 0.15) is 25.0 Å². The molecule has 1 aromatic carbocycles. The molecule has 4 rings (SSSR count). The van der Waals surface area contributed by atoms with E-state index in [9.17, 15) is 4.79 Å². The van der Waals surface area contributed by atoms with Gasteiger partial charge >= 0.3 is 5.97 Å². The first kappa shape index (κ1) is 20.3. The topological polar surface area (TPSA) is 64.7 Å². The van der Waals surface area contributed by atoms with Crippen molar-refractivity contribution < 1.29 is 14.0 Å². The summed E-state index contributed by atoms with van der Waals surface area (Å²) in [5, 5.41) is 0. The number of ether oxygens (including phenoxy) is 1. The van der Waals surface area contributed by atoms with Crippen molar-refractivity contribution in [3.63, 3.8) is 0 Å². The normalized spacial score (nSPS) is 31.1. The molecule has 3 aliphatic rings. The minimum atomic E-state index is -0.175. The predicted molar refractivity (Wildman–Crippen MR) is 115 cm³/mol. The third-order valence-corrected chi connectivity index (χ3v) is 7.12. The van der Waals surface area contributed by atoms with E-state index in [-0.39, 0.29) is 11.9 Å². The Balaban J connectivity index is 1.37. The maximum atomic E-state index is 12.8. The van der Waals surface area contributed by atoms with E-state index in [0.717, 1.165) is 34.5 Å². The first-order valence-corrected chi connectivity index (χ1v) is 11.1. The molecule has 156 valence electrons. The zero-order valence-corrected chi connectivity index (χ0v) is 17.6. The number of fused-ring (bicyclic) bond motifs is 1. The quantitative estimate of drug-likeness (QED) is 0.408. The van der Waals surface area contributed by atoms with E-state index in [1.165, 1.54) is 32.2 Å². The summed E-state index contributed by atoms with van der Waals surface area (Å²) in [5.41, 5.74) is 8.15. The Labute approximate surface area is 174 Å². The van der Waals surface area contributed by atoms with Gasteiger partial charge < -0.3 is 10.5 Å². The molecule has 1 aliphatic carbocycles. The number of aliphatic imine (C=N–C) groups is 1. The Kier molecular flexibility index (Phi) is 5.88. The number of benzene rings is 1. The van der Waals surface area contributed by atoms with Crippen LogP contribution < -0.4 is 5.73 Å². The fraction of sp³-hybridized carbons (Fsp3) is 0.583. The van der Waals surface area contributed by atoms with E-state index in [0.29, 0.717) is 25.1 Å². The van der Waals surface area contributed by atoms with Crippen molar-refractivity contribution in [3.05, 3.63) is 47.8 Å². The number of carbonyl (C=O) groups is 1. The van der Waals surface area contributed by atoms with Crippen LogP contribution in [0, 0.1) is 11.8 Å². The molecule has 1 saturated heterocycles. The average Bonchev–Trinajstić information content (AvgIpc) is 3.12. The van der Waals surface area contributed by atoms with E-state index in [1.54, 1.807) is 0 Å². The van der Waals surface area contributed by atoms with Gasteiger partial charge in [-0.25, -0.2) is 9.48 Å². The summed E-state index contributed by atoms with van der Waals surface area (Å²) in [6.07, 6.45) is 11.9. The van der Waals surface area contributed by atoms with Crippen molar-refractivity contribution in [2.24, 2.45) is 22.6 Å². The minimum absolute atomic E-state index is 0.135. The van der Waals surface area contributed by atoms with Gasteiger partial charge in [-0.1, -0.05) is 37.3 Å². The molecule has 2 N–H and O–H groups in total. The average molecular weight is 397 g/mol. The van der Waals surface area contributed by atoms with Crippen molar-refractivity contribution in [2.45, 2.75) is 64.0 Å². The minimum Gasteiger partial charge on any atom is -0.461 e. The monoisotopic (exact) mass is 396 g/mol. The molecular formula is C24H34N3O2+. The van der Waals surface area contributed by atoms with Crippen molar-refractivity contribution in [2.75, 3.05) is 13.1 Å². The van der Waals surface area contributed by atoms with Crippen LogP contribution in [-0.4, -0.2) is 35.4 Å². The van der Waals surface area contributed by atoms with Crippen molar-refractivity contribution >= 4 is 12.3 Å². The number of hydrogen-bond donors (Lipinski definition) is 1. The molecule has 2 spiro atoms. The lowest BCUT2D eigenvalue weighted by Crippen LogP contribution is -2.32. The summed E-state index contributed by atoms with van der Waals surface area (Å²) in [6.45, 7) is 4.45. The number of rotatable bonds is 8.